The Hall–Kier alpha value is -1.71. The van der Waals surface area contributed by atoms with Crippen LogP contribution in [0.5, 0.6) is 0 Å². The van der Waals surface area contributed by atoms with Crippen molar-refractivity contribution in [3.05, 3.63) is 64.1 Å². The normalized spacial score (nSPS) is 10.3. The molecule has 0 spiro atoms. The molecule has 0 aliphatic heterocycles. The Morgan fingerprint density at radius 2 is 1.73 bits per heavy atom. The highest BCUT2D eigenvalue weighted by molar-refractivity contribution is 6.43. The summed E-state index contributed by atoms with van der Waals surface area (Å²) in [7, 11) is 0. The molecule has 2 amide bonds. The van der Waals surface area contributed by atoms with Crippen LogP contribution in [0.1, 0.15) is 18.4 Å². The number of amides is 2. The summed E-state index contributed by atoms with van der Waals surface area (Å²) < 4.78 is 0. The number of benzene rings is 2. The fraction of sp³-hybridized carbons (Fsp3) is 0.235. The van der Waals surface area contributed by atoms with E-state index in [1.807, 2.05) is 18.2 Å². The summed E-state index contributed by atoms with van der Waals surface area (Å²) in [5.41, 5.74) is 1.83. The van der Waals surface area contributed by atoms with Crippen LogP contribution < -0.4 is 10.6 Å². The molecule has 2 aromatic carbocycles. The first-order valence-electron chi connectivity index (χ1n) is 7.19. The fourth-order valence-corrected chi connectivity index (χ4v) is 2.42. The van der Waals surface area contributed by atoms with Crippen molar-refractivity contribution >= 4 is 34.9 Å². The zero-order chi connectivity index (χ0) is 15.8. The summed E-state index contributed by atoms with van der Waals surface area (Å²) in [5.74, 6) is 0. The van der Waals surface area contributed by atoms with Gasteiger partial charge in [-0.15, -0.1) is 0 Å². The number of anilines is 1. The standard InChI is InChI=1S/C17H18Cl2N2O/c18-14-10-6-11-15(16(14)19)21-17(22)20-12-5-4-9-13-7-2-1-3-8-13/h1-3,6-8,10-11H,4-5,9,12H2,(H2,20,21,22). The van der Waals surface area contributed by atoms with E-state index in [4.69, 9.17) is 23.2 Å². The molecule has 0 atom stereocenters. The minimum atomic E-state index is -0.274. The lowest BCUT2D eigenvalue weighted by Crippen LogP contribution is -2.29. The van der Waals surface area contributed by atoms with Crippen molar-refractivity contribution in [2.75, 3.05) is 11.9 Å². The van der Waals surface area contributed by atoms with E-state index in [9.17, 15) is 4.79 Å². The van der Waals surface area contributed by atoms with Gasteiger partial charge in [-0.3, -0.25) is 0 Å². The molecule has 5 heteroatoms. The predicted octanol–water partition coefficient (Wildman–Crippen LogP) is 5.14. The zero-order valence-corrected chi connectivity index (χ0v) is 13.6. The molecule has 22 heavy (non-hydrogen) atoms. The Morgan fingerprint density at radius 1 is 0.955 bits per heavy atom. The number of carbonyl (C=O) groups excluding carboxylic acids is 1. The van der Waals surface area contributed by atoms with Crippen LogP contribution in [-0.4, -0.2) is 12.6 Å². The Morgan fingerprint density at radius 3 is 2.50 bits per heavy atom. The van der Waals surface area contributed by atoms with Crippen LogP contribution in [0.15, 0.2) is 48.5 Å². The molecule has 2 aromatic rings. The molecule has 2 N–H and O–H groups in total. The largest absolute Gasteiger partial charge is 0.338 e. The van der Waals surface area contributed by atoms with E-state index in [0.717, 1.165) is 19.3 Å². The molecule has 0 heterocycles. The van der Waals surface area contributed by atoms with Gasteiger partial charge < -0.3 is 10.6 Å². The Labute approximate surface area is 140 Å². The quantitative estimate of drug-likeness (QED) is 0.704. The molecule has 0 fully saturated rings. The summed E-state index contributed by atoms with van der Waals surface area (Å²) >= 11 is 11.9. The van der Waals surface area contributed by atoms with E-state index >= 15 is 0 Å². The highest BCUT2D eigenvalue weighted by Crippen LogP contribution is 2.29. The molecule has 0 saturated heterocycles. The van der Waals surface area contributed by atoms with Gasteiger partial charge in [0.1, 0.15) is 0 Å². The van der Waals surface area contributed by atoms with Gasteiger partial charge in [-0.25, -0.2) is 4.79 Å². The molecule has 0 bridgehead atoms. The van der Waals surface area contributed by atoms with Gasteiger partial charge in [-0.2, -0.15) is 0 Å². The van der Waals surface area contributed by atoms with E-state index < -0.39 is 0 Å². The van der Waals surface area contributed by atoms with Gasteiger partial charge in [-0.05, 0) is 37.0 Å². The molecule has 0 aliphatic rings. The maximum absolute atomic E-state index is 11.8. The highest BCUT2D eigenvalue weighted by Gasteiger charge is 2.07. The average Bonchev–Trinajstić information content (AvgIpc) is 2.52. The third kappa shape index (κ3) is 5.24. The third-order valence-electron chi connectivity index (χ3n) is 3.22. The lowest BCUT2D eigenvalue weighted by atomic mass is 10.1. The summed E-state index contributed by atoms with van der Waals surface area (Å²) in [6.07, 6.45) is 2.97. The van der Waals surface area contributed by atoms with Crippen molar-refractivity contribution in [1.29, 1.82) is 0 Å². The smallest absolute Gasteiger partial charge is 0.319 e. The Balaban J connectivity index is 1.67. The van der Waals surface area contributed by atoms with Crippen molar-refractivity contribution in [1.82, 2.24) is 5.32 Å². The summed E-state index contributed by atoms with van der Waals surface area (Å²) in [6, 6.07) is 15.2. The monoisotopic (exact) mass is 336 g/mol. The van der Waals surface area contributed by atoms with E-state index in [0.29, 0.717) is 22.3 Å². The van der Waals surface area contributed by atoms with E-state index in [2.05, 4.69) is 22.8 Å². The molecule has 0 unspecified atom stereocenters. The van der Waals surface area contributed by atoms with Gasteiger partial charge in [0, 0.05) is 6.54 Å². The molecular weight excluding hydrogens is 319 g/mol. The Kier molecular flexibility index (Phi) is 6.56. The number of rotatable bonds is 6. The number of aryl methyl sites for hydroxylation is 1. The second kappa shape index (κ2) is 8.66. The first-order valence-corrected chi connectivity index (χ1v) is 7.95. The minimum Gasteiger partial charge on any atom is -0.338 e. The SMILES string of the molecule is O=C(NCCCCc1ccccc1)Nc1cccc(Cl)c1Cl. The van der Waals surface area contributed by atoms with Crippen LogP contribution in [0.4, 0.5) is 10.5 Å². The average molecular weight is 337 g/mol. The molecule has 3 nitrogen and oxygen atoms in total. The first-order chi connectivity index (χ1) is 10.7. The number of carbonyl (C=O) groups is 1. The van der Waals surface area contributed by atoms with Crippen molar-refractivity contribution in [2.24, 2.45) is 0 Å². The summed E-state index contributed by atoms with van der Waals surface area (Å²) in [4.78, 5) is 11.8. The van der Waals surface area contributed by atoms with Crippen LogP contribution in [0, 0.1) is 0 Å². The lowest BCUT2D eigenvalue weighted by molar-refractivity contribution is 0.252. The van der Waals surface area contributed by atoms with Crippen LogP contribution in [0.3, 0.4) is 0 Å². The summed E-state index contributed by atoms with van der Waals surface area (Å²) in [6.45, 7) is 0.622. The molecule has 0 radical (unpaired) electrons. The number of hydrogen-bond acceptors (Lipinski definition) is 1. The molecular formula is C17H18Cl2N2O. The molecule has 0 saturated carbocycles. The lowest BCUT2D eigenvalue weighted by Gasteiger charge is -2.09. The second-order valence-corrected chi connectivity index (χ2v) is 5.71. The fourth-order valence-electron chi connectivity index (χ4n) is 2.07. The minimum absolute atomic E-state index is 0.274. The summed E-state index contributed by atoms with van der Waals surface area (Å²) in [5, 5.41) is 6.27. The zero-order valence-electron chi connectivity index (χ0n) is 12.1. The number of unbranched alkanes of at least 4 members (excludes halogenated alkanes) is 1. The van der Waals surface area contributed by atoms with Gasteiger partial charge in [0.25, 0.3) is 0 Å². The number of halogens is 2. The molecule has 0 aliphatic carbocycles. The van der Waals surface area contributed by atoms with Gasteiger partial charge in [0.2, 0.25) is 0 Å². The number of nitrogens with one attached hydrogen (secondary N) is 2. The van der Waals surface area contributed by atoms with Gasteiger partial charge >= 0.3 is 6.03 Å². The van der Waals surface area contributed by atoms with Crippen LogP contribution in [0.25, 0.3) is 0 Å². The predicted molar refractivity (Wildman–Crippen MR) is 92.9 cm³/mol. The molecule has 2 rings (SSSR count). The van der Waals surface area contributed by atoms with Crippen LogP contribution >= 0.6 is 23.2 Å². The van der Waals surface area contributed by atoms with Crippen molar-refractivity contribution in [2.45, 2.75) is 19.3 Å². The Bertz CT molecular complexity index is 617. The maximum Gasteiger partial charge on any atom is 0.319 e. The number of urea groups is 1. The molecule has 116 valence electrons. The highest BCUT2D eigenvalue weighted by atomic mass is 35.5. The van der Waals surface area contributed by atoms with E-state index in [1.54, 1.807) is 18.2 Å². The first kappa shape index (κ1) is 16.7. The van der Waals surface area contributed by atoms with Gasteiger partial charge in [-0.1, -0.05) is 59.6 Å². The van der Waals surface area contributed by atoms with E-state index in [1.165, 1.54) is 5.56 Å². The van der Waals surface area contributed by atoms with Crippen molar-refractivity contribution in [3.63, 3.8) is 0 Å². The van der Waals surface area contributed by atoms with E-state index in [-0.39, 0.29) is 6.03 Å². The second-order valence-electron chi connectivity index (χ2n) is 4.92. The van der Waals surface area contributed by atoms with Crippen LogP contribution in [0.2, 0.25) is 10.0 Å². The molecule has 0 aromatic heterocycles. The number of hydrogen-bond donors (Lipinski definition) is 2. The topological polar surface area (TPSA) is 41.1 Å². The van der Waals surface area contributed by atoms with Crippen molar-refractivity contribution in [3.8, 4) is 0 Å². The van der Waals surface area contributed by atoms with Gasteiger partial charge in [0.15, 0.2) is 0 Å². The maximum atomic E-state index is 11.8. The van der Waals surface area contributed by atoms with Gasteiger partial charge in [0.05, 0.1) is 15.7 Å². The van der Waals surface area contributed by atoms with Crippen LogP contribution in [-0.2, 0) is 6.42 Å². The third-order valence-corrected chi connectivity index (χ3v) is 4.04. The van der Waals surface area contributed by atoms with Crippen molar-refractivity contribution < 1.29 is 4.79 Å².